The fraction of sp³-hybridized carbons (Fsp3) is 1.00. The highest BCUT2D eigenvalue weighted by Crippen LogP contribution is 2.26. The molecule has 0 aromatic heterocycles. The zero-order valence-corrected chi connectivity index (χ0v) is 3.94. The SMILES string of the molecule is OC1NCC12CN2. The van der Waals surface area contributed by atoms with E-state index in [2.05, 4.69) is 10.6 Å². The lowest BCUT2D eigenvalue weighted by Crippen LogP contribution is -2.62. The van der Waals surface area contributed by atoms with Gasteiger partial charge in [-0.3, -0.25) is 5.32 Å². The van der Waals surface area contributed by atoms with E-state index in [1.54, 1.807) is 0 Å². The molecule has 2 aliphatic heterocycles. The first-order valence-corrected chi connectivity index (χ1v) is 2.50. The van der Waals surface area contributed by atoms with Gasteiger partial charge in [-0.2, -0.15) is 0 Å². The van der Waals surface area contributed by atoms with Gasteiger partial charge in [-0.15, -0.1) is 0 Å². The minimum absolute atomic E-state index is 0.125. The van der Waals surface area contributed by atoms with E-state index >= 15 is 0 Å². The van der Waals surface area contributed by atoms with E-state index in [0.717, 1.165) is 13.1 Å². The number of aliphatic hydroxyl groups is 1. The van der Waals surface area contributed by atoms with Gasteiger partial charge in [-0.25, -0.2) is 0 Å². The Morgan fingerprint density at radius 1 is 1.57 bits per heavy atom. The Bertz CT molecular complexity index is 99.9. The van der Waals surface area contributed by atoms with Gasteiger partial charge in [0.1, 0.15) is 6.23 Å². The molecule has 0 aromatic carbocycles. The van der Waals surface area contributed by atoms with Crippen molar-refractivity contribution in [2.75, 3.05) is 13.1 Å². The predicted molar refractivity (Wildman–Crippen MR) is 24.7 cm³/mol. The van der Waals surface area contributed by atoms with Crippen LogP contribution in [0.3, 0.4) is 0 Å². The molecule has 0 radical (unpaired) electrons. The minimum Gasteiger partial charge on any atom is -0.377 e. The summed E-state index contributed by atoms with van der Waals surface area (Å²) in [6.45, 7) is 1.93. The Labute approximate surface area is 41.7 Å². The molecular weight excluding hydrogens is 92.1 g/mol. The number of rotatable bonds is 0. The van der Waals surface area contributed by atoms with E-state index in [1.807, 2.05) is 0 Å². The summed E-state index contributed by atoms with van der Waals surface area (Å²) in [6, 6.07) is 0. The van der Waals surface area contributed by atoms with Crippen LogP contribution in [-0.4, -0.2) is 30.0 Å². The third kappa shape index (κ3) is 0.311. The average molecular weight is 100 g/mol. The molecule has 0 amide bonds. The van der Waals surface area contributed by atoms with Crippen LogP contribution in [0, 0.1) is 0 Å². The van der Waals surface area contributed by atoms with E-state index < -0.39 is 0 Å². The maximum absolute atomic E-state index is 8.86. The molecule has 3 nitrogen and oxygen atoms in total. The quantitative estimate of drug-likeness (QED) is 0.316. The number of hydrogen-bond donors (Lipinski definition) is 3. The highest BCUT2D eigenvalue weighted by molar-refractivity contribution is 5.16. The molecule has 3 heteroatoms. The Morgan fingerprint density at radius 3 is 2.29 bits per heavy atom. The van der Waals surface area contributed by atoms with Gasteiger partial charge in [-0.05, 0) is 0 Å². The second kappa shape index (κ2) is 0.844. The van der Waals surface area contributed by atoms with Crippen molar-refractivity contribution in [2.45, 2.75) is 11.8 Å². The van der Waals surface area contributed by atoms with Crippen LogP contribution in [0.1, 0.15) is 0 Å². The lowest BCUT2D eigenvalue weighted by Gasteiger charge is -2.32. The maximum atomic E-state index is 8.86. The van der Waals surface area contributed by atoms with Gasteiger partial charge in [0.15, 0.2) is 0 Å². The van der Waals surface area contributed by atoms with Gasteiger partial charge in [0.25, 0.3) is 0 Å². The largest absolute Gasteiger partial charge is 0.377 e. The molecular formula is C4H8N2O. The molecule has 1 spiro atoms. The normalized spacial score (nSPS) is 57.0. The van der Waals surface area contributed by atoms with E-state index in [4.69, 9.17) is 5.11 Å². The monoisotopic (exact) mass is 100 g/mol. The van der Waals surface area contributed by atoms with E-state index in [9.17, 15) is 0 Å². The lowest BCUT2D eigenvalue weighted by atomic mass is 10.0. The van der Waals surface area contributed by atoms with Crippen LogP contribution >= 0.6 is 0 Å². The summed E-state index contributed by atoms with van der Waals surface area (Å²) in [5.41, 5.74) is 0.125. The first kappa shape index (κ1) is 3.83. The molecule has 0 bridgehead atoms. The lowest BCUT2D eigenvalue weighted by molar-refractivity contribution is 0.0319. The number of nitrogens with one attached hydrogen (secondary N) is 2. The van der Waals surface area contributed by atoms with Crippen LogP contribution in [0.2, 0.25) is 0 Å². The zero-order valence-electron chi connectivity index (χ0n) is 3.94. The molecule has 2 rings (SSSR count). The molecule has 0 aliphatic carbocycles. The molecule has 2 atom stereocenters. The first-order chi connectivity index (χ1) is 3.33. The van der Waals surface area contributed by atoms with Gasteiger partial charge in [0.2, 0.25) is 0 Å². The van der Waals surface area contributed by atoms with Crippen molar-refractivity contribution >= 4 is 0 Å². The summed E-state index contributed by atoms with van der Waals surface area (Å²) in [6.07, 6.45) is -0.271. The molecule has 0 aromatic rings. The van der Waals surface area contributed by atoms with Crippen LogP contribution < -0.4 is 10.6 Å². The fourth-order valence-electron chi connectivity index (χ4n) is 0.872. The van der Waals surface area contributed by atoms with Crippen molar-refractivity contribution in [1.82, 2.24) is 10.6 Å². The molecule has 0 saturated carbocycles. The summed E-state index contributed by atoms with van der Waals surface area (Å²) < 4.78 is 0. The van der Waals surface area contributed by atoms with Crippen molar-refractivity contribution in [3.63, 3.8) is 0 Å². The zero-order chi connectivity index (χ0) is 4.91. The van der Waals surface area contributed by atoms with Crippen molar-refractivity contribution in [3.05, 3.63) is 0 Å². The molecule has 2 fully saturated rings. The Balaban J connectivity index is 2.09. The second-order valence-electron chi connectivity index (χ2n) is 2.29. The molecule has 2 aliphatic rings. The summed E-state index contributed by atoms with van der Waals surface area (Å²) in [7, 11) is 0. The van der Waals surface area contributed by atoms with E-state index in [-0.39, 0.29) is 11.8 Å². The van der Waals surface area contributed by atoms with Gasteiger partial charge in [0.05, 0.1) is 5.54 Å². The first-order valence-electron chi connectivity index (χ1n) is 2.50. The molecule has 40 valence electrons. The topological polar surface area (TPSA) is 54.2 Å². The Kier molecular flexibility index (Phi) is 0.462. The van der Waals surface area contributed by atoms with Gasteiger partial charge in [0, 0.05) is 13.1 Å². The number of aliphatic hydroxyl groups excluding tert-OH is 1. The molecule has 2 unspecified atom stereocenters. The third-order valence-corrected chi connectivity index (χ3v) is 1.77. The van der Waals surface area contributed by atoms with Crippen LogP contribution in [0.5, 0.6) is 0 Å². The Morgan fingerprint density at radius 2 is 2.29 bits per heavy atom. The molecule has 7 heavy (non-hydrogen) atoms. The van der Waals surface area contributed by atoms with Gasteiger partial charge in [-0.1, -0.05) is 0 Å². The average Bonchev–Trinajstić information content (AvgIpc) is 2.40. The van der Waals surface area contributed by atoms with Crippen molar-refractivity contribution in [1.29, 1.82) is 0 Å². The van der Waals surface area contributed by atoms with Gasteiger partial charge >= 0.3 is 0 Å². The summed E-state index contributed by atoms with van der Waals surface area (Å²) >= 11 is 0. The standard InChI is InChI=1S/C4H8N2O/c7-3-4(1-5-3)2-6-4/h3,5-7H,1-2H2. The van der Waals surface area contributed by atoms with Crippen molar-refractivity contribution in [2.24, 2.45) is 0 Å². The van der Waals surface area contributed by atoms with Crippen molar-refractivity contribution < 1.29 is 5.11 Å². The minimum atomic E-state index is -0.271. The summed E-state index contributed by atoms with van der Waals surface area (Å²) in [4.78, 5) is 0. The third-order valence-electron chi connectivity index (χ3n) is 1.77. The van der Waals surface area contributed by atoms with E-state index in [0.29, 0.717) is 0 Å². The smallest absolute Gasteiger partial charge is 0.125 e. The highest BCUT2D eigenvalue weighted by atomic mass is 16.3. The molecule has 3 N–H and O–H groups in total. The maximum Gasteiger partial charge on any atom is 0.125 e. The molecule has 2 saturated heterocycles. The highest BCUT2D eigenvalue weighted by Gasteiger charge is 2.55. The molecule has 2 heterocycles. The summed E-state index contributed by atoms with van der Waals surface area (Å²) in [5.74, 6) is 0. The van der Waals surface area contributed by atoms with Crippen LogP contribution in [-0.2, 0) is 0 Å². The predicted octanol–water partition coefficient (Wildman–Crippen LogP) is -1.75. The second-order valence-corrected chi connectivity index (χ2v) is 2.29. The van der Waals surface area contributed by atoms with E-state index in [1.165, 1.54) is 0 Å². The number of hydrogen-bond acceptors (Lipinski definition) is 3. The van der Waals surface area contributed by atoms with Crippen molar-refractivity contribution in [3.8, 4) is 0 Å². The van der Waals surface area contributed by atoms with Gasteiger partial charge < -0.3 is 10.4 Å². The van der Waals surface area contributed by atoms with Crippen LogP contribution in [0.4, 0.5) is 0 Å². The Hall–Kier alpha value is -0.120. The fourth-order valence-corrected chi connectivity index (χ4v) is 0.872. The van der Waals surface area contributed by atoms with Crippen LogP contribution in [0.15, 0.2) is 0 Å². The summed E-state index contributed by atoms with van der Waals surface area (Å²) in [5, 5.41) is 14.8. The van der Waals surface area contributed by atoms with Crippen LogP contribution in [0.25, 0.3) is 0 Å².